The number of ether oxygens (including phenoxy) is 1. The van der Waals surface area contributed by atoms with E-state index in [9.17, 15) is 13.6 Å². The van der Waals surface area contributed by atoms with E-state index in [1.807, 2.05) is 26.0 Å². The SMILES string of the molecule is Cc1nc2cc(-c3cc(NC(=O)c4cnn(C5(C)CC5)c4F)c(F)cc3C)cc(N3CCOCC3)n2n1. The van der Waals surface area contributed by atoms with E-state index in [-0.39, 0.29) is 11.3 Å². The van der Waals surface area contributed by atoms with E-state index in [0.717, 1.165) is 29.8 Å². The smallest absolute Gasteiger partial charge is 0.262 e. The van der Waals surface area contributed by atoms with E-state index in [4.69, 9.17) is 4.74 Å². The number of anilines is 2. The molecular formula is C26H27F2N7O2. The van der Waals surface area contributed by atoms with Crippen LogP contribution in [-0.2, 0) is 10.3 Å². The zero-order valence-corrected chi connectivity index (χ0v) is 20.9. The highest BCUT2D eigenvalue weighted by atomic mass is 19.1. The first-order chi connectivity index (χ1) is 17.7. The second kappa shape index (κ2) is 8.62. The van der Waals surface area contributed by atoms with Gasteiger partial charge >= 0.3 is 0 Å². The van der Waals surface area contributed by atoms with E-state index < -0.39 is 23.2 Å². The summed E-state index contributed by atoms with van der Waals surface area (Å²) in [7, 11) is 0. The molecule has 0 unspecified atom stereocenters. The number of hydrogen-bond donors (Lipinski definition) is 1. The monoisotopic (exact) mass is 507 g/mol. The minimum atomic E-state index is -0.751. The molecule has 1 N–H and O–H groups in total. The molecule has 1 aliphatic heterocycles. The number of pyridine rings is 1. The van der Waals surface area contributed by atoms with E-state index in [1.54, 1.807) is 17.5 Å². The van der Waals surface area contributed by atoms with Crippen molar-refractivity contribution in [3.05, 3.63) is 59.2 Å². The first-order valence-electron chi connectivity index (χ1n) is 12.3. The number of aromatic nitrogens is 5. The van der Waals surface area contributed by atoms with Gasteiger partial charge in [-0.25, -0.2) is 14.1 Å². The lowest BCUT2D eigenvalue weighted by molar-refractivity contribution is 0.102. The number of amides is 1. The zero-order valence-electron chi connectivity index (χ0n) is 20.9. The van der Waals surface area contributed by atoms with Gasteiger partial charge in [-0.3, -0.25) is 4.79 Å². The molecule has 4 aromatic rings. The summed E-state index contributed by atoms with van der Waals surface area (Å²) in [5, 5.41) is 11.1. The fourth-order valence-corrected chi connectivity index (χ4v) is 4.77. The molecule has 1 aromatic carbocycles. The van der Waals surface area contributed by atoms with Crippen LogP contribution >= 0.6 is 0 Å². The first-order valence-corrected chi connectivity index (χ1v) is 12.3. The van der Waals surface area contributed by atoms with Crippen LogP contribution in [-0.4, -0.2) is 56.6 Å². The number of halogens is 2. The third-order valence-corrected chi connectivity index (χ3v) is 7.17. The summed E-state index contributed by atoms with van der Waals surface area (Å²) < 4.78 is 38.4. The molecule has 0 atom stereocenters. The topological polar surface area (TPSA) is 89.6 Å². The lowest BCUT2D eigenvalue weighted by Crippen LogP contribution is -2.37. The normalized spacial score (nSPS) is 16.8. The summed E-state index contributed by atoms with van der Waals surface area (Å²) in [5.41, 5.74) is 2.21. The van der Waals surface area contributed by atoms with Crippen molar-refractivity contribution in [2.75, 3.05) is 36.5 Å². The largest absolute Gasteiger partial charge is 0.378 e. The molecule has 2 fully saturated rings. The van der Waals surface area contributed by atoms with Gasteiger partial charge in [-0.05, 0) is 74.6 Å². The molecule has 9 nitrogen and oxygen atoms in total. The van der Waals surface area contributed by atoms with Gasteiger partial charge in [-0.15, -0.1) is 5.10 Å². The number of hydrogen-bond acceptors (Lipinski definition) is 6. The van der Waals surface area contributed by atoms with E-state index >= 15 is 0 Å². The number of nitrogens with one attached hydrogen (secondary N) is 1. The maximum absolute atomic E-state index is 15.0. The van der Waals surface area contributed by atoms with Crippen molar-refractivity contribution in [3.63, 3.8) is 0 Å². The molecule has 37 heavy (non-hydrogen) atoms. The summed E-state index contributed by atoms with van der Waals surface area (Å²) in [6, 6.07) is 6.81. The van der Waals surface area contributed by atoms with Crippen molar-refractivity contribution in [1.82, 2.24) is 24.4 Å². The van der Waals surface area contributed by atoms with Crippen LogP contribution < -0.4 is 10.2 Å². The highest BCUT2D eigenvalue weighted by molar-refractivity contribution is 6.04. The van der Waals surface area contributed by atoms with Gasteiger partial charge in [0, 0.05) is 13.1 Å². The number of fused-ring (bicyclic) bond motifs is 1. The number of aryl methyl sites for hydroxylation is 2. The van der Waals surface area contributed by atoms with Gasteiger partial charge in [-0.2, -0.15) is 14.0 Å². The van der Waals surface area contributed by atoms with Crippen LogP contribution in [0.25, 0.3) is 16.8 Å². The Morgan fingerprint density at radius 3 is 2.59 bits per heavy atom. The first kappa shape index (κ1) is 23.5. The molecule has 11 heteroatoms. The van der Waals surface area contributed by atoms with Crippen LogP contribution in [0.1, 0.15) is 41.5 Å². The lowest BCUT2D eigenvalue weighted by atomic mass is 9.99. The molecule has 0 bridgehead atoms. The molecule has 0 radical (unpaired) electrons. The second-order valence-corrected chi connectivity index (χ2v) is 9.99. The number of nitrogens with zero attached hydrogens (tertiary/aromatic N) is 6. The Morgan fingerprint density at radius 1 is 1.11 bits per heavy atom. The summed E-state index contributed by atoms with van der Waals surface area (Å²) in [6.45, 7) is 8.15. The van der Waals surface area contributed by atoms with Crippen LogP contribution in [0.5, 0.6) is 0 Å². The number of benzene rings is 1. The molecule has 1 saturated heterocycles. The predicted molar refractivity (Wildman–Crippen MR) is 134 cm³/mol. The van der Waals surface area contributed by atoms with E-state index in [2.05, 4.69) is 25.4 Å². The van der Waals surface area contributed by atoms with Crippen molar-refractivity contribution in [2.45, 2.75) is 39.2 Å². The fraction of sp³-hybridized carbons (Fsp3) is 0.385. The molecule has 1 aliphatic carbocycles. The molecule has 1 saturated carbocycles. The maximum atomic E-state index is 15.0. The fourth-order valence-electron chi connectivity index (χ4n) is 4.77. The van der Waals surface area contributed by atoms with Gasteiger partial charge in [0.25, 0.3) is 5.91 Å². The highest BCUT2D eigenvalue weighted by Crippen LogP contribution is 2.43. The number of rotatable bonds is 5. The van der Waals surface area contributed by atoms with Crippen molar-refractivity contribution in [2.24, 2.45) is 0 Å². The Morgan fingerprint density at radius 2 is 1.86 bits per heavy atom. The Hall–Kier alpha value is -3.86. The summed E-state index contributed by atoms with van der Waals surface area (Å²) in [4.78, 5) is 19.6. The maximum Gasteiger partial charge on any atom is 0.262 e. The van der Waals surface area contributed by atoms with Crippen molar-refractivity contribution in [3.8, 4) is 11.1 Å². The van der Waals surface area contributed by atoms with Crippen molar-refractivity contribution < 1.29 is 18.3 Å². The quantitative estimate of drug-likeness (QED) is 0.438. The minimum absolute atomic E-state index is 0.0409. The molecule has 192 valence electrons. The van der Waals surface area contributed by atoms with Gasteiger partial charge in [0.1, 0.15) is 23.0 Å². The minimum Gasteiger partial charge on any atom is -0.378 e. The zero-order chi connectivity index (χ0) is 25.9. The molecule has 6 rings (SSSR count). The third-order valence-electron chi connectivity index (χ3n) is 7.17. The van der Waals surface area contributed by atoms with Crippen molar-refractivity contribution >= 4 is 23.1 Å². The van der Waals surface area contributed by atoms with Gasteiger partial charge in [0.2, 0.25) is 5.95 Å². The second-order valence-electron chi connectivity index (χ2n) is 9.99. The standard InChI is InChI=1S/C26H27F2N7O2/c1-15-10-20(27)21(31-25(36)19-14-29-35(24(19)28)26(3)4-5-26)13-18(15)17-11-22-30-16(2)32-34(22)23(12-17)33-6-8-37-9-7-33/h10-14H,4-9H2,1-3H3,(H,31,36). The van der Waals surface area contributed by atoms with Gasteiger partial charge < -0.3 is 15.0 Å². The van der Waals surface area contributed by atoms with Crippen LogP contribution in [0.4, 0.5) is 20.3 Å². The van der Waals surface area contributed by atoms with Gasteiger partial charge in [-0.1, -0.05) is 0 Å². The number of carbonyl (C=O) groups excluding carboxylic acids is 1. The number of carbonyl (C=O) groups is 1. The molecule has 4 heterocycles. The highest BCUT2D eigenvalue weighted by Gasteiger charge is 2.43. The third kappa shape index (κ3) is 4.12. The number of morpholine rings is 1. The molecule has 1 amide bonds. The predicted octanol–water partition coefficient (Wildman–Crippen LogP) is 4.09. The molecule has 0 spiro atoms. The summed E-state index contributed by atoms with van der Waals surface area (Å²) in [6.07, 6.45) is 2.79. The van der Waals surface area contributed by atoms with Crippen LogP contribution in [0.3, 0.4) is 0 Å². The van der Waals surface area contributed by atoms with Crippen LogP contribution in [0, 0.1) is 25.6 Å². The molecule has 2 aliphatic rings. The Labute approximate surface area is 212 Å². The van der Waals surface area contributed by atoms with Crippen molar-refractivity contribution in [1.29, 1.82) is 0 Å². The van der Waals surface area contributed by atoms with E-state index in [1.165, 1.54) is 16.9 Å². The Bertz CT molecular complexity index is 1530. The Balaban J connectivity index is 1.37. The van der Waals surface area contributed by atoms with Crippen LogP contribution in [0.2, 0.25) is 0 Å². The summed E-state index contributed by atoms with van der Waals surface area (Å²) in [5.74, 6) is -0.580. The molecular weight excluding hydrogens is 480 g/mol. The lowest BCUT2D eigenvalue weighted by Gasteiger charge is -2.29. The molecule has 3 aromatic heterocycles. The average Bonchev–Trinajstić information content (AvgIpc) is 3.30. The van der Waals surface area contributed by atoms with Gasteiger partial charge in [0.15, 0.2) is 5.65 Å². The summed E-state index contributed by atoms with van der Waals surface area (Å²) >= 11 is 0. The average molecular weight is 508 g/mol. The Kier molecular flexibility index (Phi) is 5.48. The van der Waals surface area contributed by atoms with E-state index in [0.29, 0.717) is 43.3 Å². The van der Waals surface area contributed by atoms with Crippen LogP contribution in [0.15, 0.2) is 30.5 Å². The van der Waals surface area contributed by atoms with Gasteiger partial charge in [0.05, 0.1) is 30.6 Å².